The van der Waals surface area contributed by atoms with Gasteiger partial charge in [-0.1, -0.05) is 52.4 Å². The highest BCUT2D eigenvalue weighted by atomic mass is 16.5. The molecule has 0 amide bonds. The lowest BCUT2D eigenvalue weighted by atomic mass is 9.68. The van der Waals surface area contributed by atoms with E-state index in [1.807, 2.05) is 0 Å². The van der Waals surface area contributed by atoms with Crippen molar-refractivity contribution in [1.29, 1.82) is 0 Å². The zero-order valence-corrected chi connectivity index (χ0v) is 14.8. The Kier molecular flexibility index (Phi) is 7.57. The maximum Gasteiger partial charge on any atom is 0.0600 e. The molecule has 0 N–H and O–H groups in total. The Labute approximate surface area is 133 Å². The molecule has 3 atom stereocenters. The van der Waals surface area contributed by atoms with Crippen LogP contribution in [0.1, 0.15) is 91.4 Å². The van der Waals surface area contributed by atoms with Gasteiger partial charge < -0.3 is 4.74 Å². The summed E-state index contributed by atoms with van der Waals surface area (Å²) in [6, 6.07) is 0. The van der Waals surface area contributed by atoms with Gasteiger partial charge >= 0.3 is 0 Å². The molecular weight excluding hydrogens is 256 g/mol. The number of rotatable bonds is 7. The van der Waals surface area contributed by atoms with Crippen LogP contribution in [0.2, 0.25) is 0 Å². The minimum atomic E-state index is 0.552. The lowest BCUT2D eigenvalue weighted by Gasteiger charge is -2.40. The molecule has 2 saturated carbocycles. The molecule has 0 heterocycles. The highest BCUT2D eigenvalue weighted by molar-refractivity contribution is 4.85. The van der Waals surface area contributed by atoms with Crippen LogP contribution < -0.4 is 0 Å². The fraction of sp³-hybridized carbons (Fsp3) is 1.00. The summed E-state index contributed by atoms with van der Waals surface area (Å²) in [6.45, 7) is 7.76. The first-order valence-electron chi connectivity index (χ1n) is 9.86. The Morgan fingerprint density at radius 1 is 0.857 bits per heavy atom. The predicted octanol–water partition coefficient (Wildman–Crippen LogP) is 6.21. The quantitative estimate of drug-likeness (QED) is 0.507. The van der Waals surface area contributed by atoms with Crippen LogP contribution in [0.3, 0.4) is 0 Å². The second-order valence-corrected chi connectivity index (χ2v) is 7.82. The summed E-state index contributed by atoms with van der Waals surface area (Å²) in [7, 11) is 0. The van der Waals surface area contributed by atoms with E-state index in [2.05, 4.69) is 20.8 Å². The van der Waals surface area contributed by atoms with E-state index in [1.165, 1.54) is 70.6 Å². The van der Waals surface area contributed by atoms with Crippen molar-refractivity contribution < 1.29 is 4.74 Å². The van der Waals surface area contributed by atoms with Crippen molar-refractivity contribution in [2.75, 3.05) is 6.61 Å². The smallest absolute Gasteiger partial charge is 0.0600 e. The fourth-order valence-electron chi connectivity index (χ4n) is 4.93. The van der Waals surface area contributed by atoms with Crippen molar-refractivity contribution in [2.45, 2.75) is 97.5 Å². The summed E-state index contributed by atoms with van der Waals surface area (Å²) >= 11 is 0. The van der Waals surface area contributed by atoms with Crippen molar-refractivity contribution in [1.82, 2.24) is 0 Å². The third-order valence-corrected chi connectivity index (χ3v) is 6.29. The van der Waals surface area contributed by atoms with Crippen LogP contribution in [-0.2, 0) is 4.74 Å². The molecule has 0 radical (unpaired) electrons. The SMILES string of the molecule is CCCCCC1CCC(C2CCC(OCC)C(C)C2)CC1. The van der Waals surface area contributed by atoms with E-state index in [0.29, 0.717) is 6.10 Å². The minimum Gasteiger partial charge on any atom is -0.378 e. The highest BCUT2D eigenvalue weighted by Crippen LogP contribution is 2.43. The molecule has 0 aromatic heterocycles. The highest BCUT2D eigenvalue weighted by Gasteiger charge is 2.34. The van der Waals surface area contributed by atoms with Crippen LogP contribution in [0, 0.1) is 23.7 Å². The Balaban J connectivity index is 1.68. The molecule has 0 spiro atoms. The summed E-state index contributed by atoms with van der Waals surface area (Å²) in [5.74, 6) is 3.89. The second-order valence-electron chi connectivity index (χ2n) is 7.82. The van der Waals surface area contributed by atoms with Gasteiger partial charge in [-0.25, -0.2) is 0 Å². The van der Waals surface area contributed by atoms with Gasteiger partial charge in [0, 0.05) is 6.61 Å². The number of unbranched alkanes of at least 4 members (excludes halogenated alkanes) is 2. The Hall–Kier alpha value is -0.0400. The fourth-order valence-corrected chi connectivity index (χ4v) is 4.93. The van der Waals surface area contributed by atoms with Gasteiger partial charge in [-0.15, -0.1) is 0 Å². The normalized spacial score (nSPS) is 37.6. The van der Waals surface area contributed by atoms with Crippen molar-refractivity contribution >= 4 is 0 Å². The molecule has 124 valence electrons. The van der Waals surface area contributed by atoms with E-state index in [4.69, 9.17) is 4.74 Å². The molecular formula is C20H38O. The molecule has 1 nitrogen and oxygen atoms in total. The minimum absolute atomic E-state index is 0.552. The lowest BCUT2D eigenvalue weighted by molar-refractivity contribution is -0.0223. The Morgan fingerprint density at radius 2 is 1.57 bits per heavy atom. The van der Waals surface area contributed by atoms with Crippen molar-refractivity contribution in [2.24, 2.45) is 23.7 Å². The summed E-state index contributed by atoms with van der Waals surface area (Å²) in [5.41, 5.74) is 0. The zero-order valence-electron chi connectivity index (χ0n) is 14.8. The Bertz CT molecular complexity index is 267. The van der Waals surface area contributed by atoms with E-state index >= 15 is 0 Å². The van der Waals surface area contributed by atoms with Crippen LogP contribution in [0.4, 0.5) is 0 Å². The van der Waals surface area contributed by atoms with Crippen molar-refractivity contribution in [3.63, 3.8) is 0 Å². The molecule has 21 heavy (non-hydrogen) atoms. The van der Waals surface area contributed by atoms with Gasteiger partial charge in [0.05, 0.1) is 6.10 Å². The summed E-state index contributed by atoms with van der Waals surface area (Å²) in [5, 5.41) is 0. The van der Waals surface area contributed by atoms with Crippen LogP contribution in [-0.4, -0.2) is 12.7 Å². The lowest BCUT2D eigenvalue weighted by Crippen LogP contribution is -2.34. The van der Waals surface area contributed by atoms with Crippen LogP contribution in [0.15, 0.2) is 0 Å². The first-order chi connectivity index (χ1) is 10.2. The van der Waals surface area contributed by atoms with Crippen LogP contribution in [0.25, 0.3) is 0 Å². The topological polar surface area (TPSA) is 9.23 Å². The number of hydrogen-bond donors (Lipinski definition) is 0. The van der Waals surface area contributed by atoms with Gasteiger partial charge in [0.2, 0.25) is 0 Å². The first-order valence-corrected chi connectivity index (χ1v) is 9.86. The van der Waals surface area contributed by atoms with E-state index in [-0.39, 0.29) is 0 Å². The maximum absolute atomic E-state index is 5.90. The molecule has 2 aliphatic carbocycles. The van der Waals surface area contributed by atoms with Gasteiger partial charge in [-0.2, -0.15) is 0 Å². The van der Waals surface area contributed by atoms with Gasteiger partial charge in [0.1, 0.15) is 0 Å². The van der Waals surface area contributed by atoms with Gasteiger partial charge in [-0.05, 0) is 62.7 Å². The van der Waals surface area contributed by atoms with E-state index in [9.17, 15) is 0 Å². The third kappa shape index (κ3) is 5.27. The first kappa shape index (κ1) is 17.3. The van der Waals surface area contributed by atoms with Crippen LogP contribution >= 0.6 is 0 Å². The van der Waals surface area contributed by atoms with Gasteiger partial charge in [0.25, 0.3) is 0 Å². The molecule has 2 rings (SSSR count). The van der Waals surface area contributed by atoms with E-state index in [1.54, 1.807) is 0 Å². The third-order valence-electron chi connectivity index (χ3n) is 6.29. The molecule has 0 saturated heterocycles. The number of hydrogen-bond acceptors (Lipinski definition) is 1. The molecule has 2 fully saturated rings. The predicted molar refractivity (Wildman–Crippen MR) is 91.5 cm³/mol. The zero-order chi connectivity index (χ0) is 15.1. The van der Waals surface area contributed by atoms with E-state index < -0.39 is 0 Å². The summed E-state index contributed by atoms with van der Waals surface area (Å²) < 4.78 is 5.90. The van der Waals surface area contributed by atoms with Crippen LogP contribution in [0.5, 0.6) is 0 Å². The molecule has 3 unspecified atom stereocenters. The summed E-state index contributed by atoms with van der Waals surface area (Å²) in [6.07, 6.45) is 16.6. The average molecular weight is 295 g/mol. The monoisotopic (exact) mass is 294 g/mol. The summed E-state index contributed by atoms with van der Waals surface area (Å²) in [4.78, 5) is 0. The molecule has 2 aliphatic rings. The largest absolute Gasteiger partial charge is 0.378 e. The molecule has 0 bridgehead atoms. The average Bonchev–Trinajstić information content (AvgIpc) is 2.50. The Morgan fingerprint density at radius 3 is 2.19 bits per heavy atom. The molecule has 0 aliphatic heterocycles. The maximum atomic E-state index is 5.90. The molecule has 0 aromatic rings. The second kappa shape index (κ2) is 9.18. The van der Waals surface area contributed by atoms with E-state index in [0.717, 1.165) is 30.3 Å². The van der Waals surface area contributed by atoms with Gasteiger partial charge in [-0.3, -0.25) is 0 Å². The van der Waals surface area contributed by atoms with Gasteiger partial charge in [0.15, 0.2) is 0 Å². The molecule has 1 heteroatoms. The molecule has 0 aromatic carbocycles. The standard InChI is InChI=1S/C20H38O/c1-4-6-7-8-17-9-11-18(12-10-17)19-13-14-20(21-5-2)16(3)15-19/h16-20H,4-15H2,1-3H3. The number of ether oxygens (including phenoxy) is 1. The van der Waals surface area contributed by atoms with Crippen molar-refractivity contribution in [3.8, 4) is 0 Å². The van der Waals surface area contributed by atoms with Crippen molar-refractivity contribution in [3.05, 3.63) is 0 Å².